The minimum atomic E-state index is -0.407. The van der Waals surface area contributed by atoms with Gasteiger partial charge in [-0.2, -0.15) is 5.26 Å². The number of hydrogen-bond acceptors (Lipinski definition) is 2. The third-order valence-electron chi connectivity index (χ3n) is 3.20. The largest absolute Gasteiger partial charge is 0.321 e. The maximum atomic E-state index is 12.2. The van der Waals surface area contributed by atoms with E-state index in [4.69, 9.17) is 5.26 Å². The summed E-state index contributed by atoms with van der Waals surface area (Å²) >= 11 is 0. The number of rotatable bonds is 4. The summed E-state index contributed by atoms with van der Waals surface area (Å²) in [6.07, 6.45) is 5.07. The van der Waals surface area contributed by atoms with Crippen molar-refractivity contribution in [3.05, 3.63) is 82.9 Å². The van der Waals surface area contributed by atoms with E-state index in [1.54, 1.807) is 6.08 Å². The van der Waals surface area contributed by atoms with Crippen LogP contribution in [0.2, 0.25) is 0 Å². The van der Waals surface area contributed by atoms with Crippen LogP contribution >= 0.6 is 0 Å². The summed E-state index contributed by atoms with van der Waals surface area (Å²) in [5, 5.41) is 11.9. The lowest BCUT2D eigenvalue weighted by atomic mass is 10.1. The molecule has 3 nitrogen and oxygen atoms in total. The molecule has 0 saturated heterocycles. The number of nitriles is 1. The van der Waals surface area contributed by atoms with Crippen LogP contribution in [0.15, 0.2) is 66.3 Å². The average molecular weight is 302 g/mol. The summed E-state index contributed by atoms with van der Waals surface area (Å²) in [7, 11) is 0. The molecule has 114 valence electrons. The fourth-order valence-corrected chi connectivity index (χ4v) is 2.23. The predicted octanol–water partition coefficient (Wildman–Crippen LogP) is 4.41. The summed E-state index contributed by atoms with van der Waals surface area (Å²) in [4.78, 5) is 12.2. The second-order valence-corrected chi connectivity index (χ2v) is 5.29. The molecule has 0 bridgehead atoms. The van der Waals surface area contributed by atoms with E-state index in [2.05, 4.69) is 5.32 Å². The smallest absolute Gasteiger partial charge is 0.266 e. The maximum absolute atomic E-state index is 12.2. The van der Waals surface area contributed by atoms with Gasteiger partial charge in [0.25, 0.3) is 5.91 Å². The van der Waals surface area contributed by atoms with Gasteiger partial charge in [0, 0.05) is 5.69 Å². The number of anilines is 1. The van der Waals surface area contributed by atoms with Crippen molar-refractivity contribution in [2.45, 2.75) is 13.8 Å². The minimum absolute atomic E-state index is 0.0661. The molecule has 0 radical (unpaired) electrons. The predicted molar refractivity (Wildman–Crippen MR) is 93.7 cm³/mol. The Morgan fingerprint density at radius 1 is 1.09 bits per heavy atom. The Kier molecular flexibility index (Phi) is 5.49. The Labute approximate surface area is 136 Å². The quantitative estimate of drug-likeness (QED) is 0.517. The summed E-state index contributed by atoms with van der Waals surface area (Å²) in [5.41, 5.74) is 3.89. The highest BCUT2D eigenvalue weighted by Crippen LogP contribution is 2.14. The molecule has 0 saturated carbocycles. The van der Waals surface area contributed by atoms with Crippen LogP contribution in [-0.2, 0) is 4.79 Å². The molecule has 0 atom stereocenters. The standard InChI is InChI=1S/C20H18N2O/c1-15-11-16(2)13-19(12-15)22-20(23)18(14-21)10-6-9-17-7-4-3-5-8-17/h3-13H,1-2H3,(H,22,23)/b9-6+,18-10+. The molecule has 2 rings (SSSR count). The highest BCUT2D eigenvalue weighted by Gasteiger charge is 2.08. The Morgan fingerprint density at radius 3 is 2.35 bits per heavy atom. The van der Waals surface area contributed by atoms with Gasteiger partial charge in [0.2, 0.25) is 0 Å². The molecule has 2 aromatic rings. The zero-order valence-corrected chi connectivity index (χ0v) is 13.2. The van der Waals surface area contributed by atoms with Gasteiger partial charge in [-0.1, -0.05) is 48.6 Å². The van der Waals surface area contributed by atoms with E-state index < -0.39 is 5.91 Å². The number of carbonyl (C=O) groups excluding carboxylic acids is 1. The molecule has 0 fully saturated rings. The third kappa shape index (κ3) is 4.98. The fourth-order valence-electron chi connectivity index (χ4n) is 2.23. The first-order valence-corrected chi connectivity index (χ1v) is 7.31. The second-order valence-electron chi connectivity index (χ2n) is 5.29. The van der Waals surface area contributed by atoms with Crippen LogP contribution in [0.25, 0.3) is 6.08 Å². The van der Waals surface area contributed by atoms with Crippen LogP contribution in [0.3, 0.4) is 0 Å². The van der Waals surface area contributed by atoms with Crippen LogP contribution in [0, 0.1) is 25.2 Å². The molecule has 1 amide bonds. The summed E-state index contributed by atoms with van der Waals surface area (Å²) in [6.45, 7) is 3.93. The van der Waals surface area contributed by atoms with E-state index in [9.17, 15) is 4.79 Å². The van der Waals surface area contributed by atoms with Crippen molar-refractivity contribution in [2.75, 3.05) is 5.32 Å². The Balaban J connectivity index is 2.11. The van der Waals surface area contributed by atoms with Crippen molar-refractivity contribution in [3.63, 3.8) is 0 Å². The summed E-state index contributed by atoms with van der Waals surface area (Å²) in [5.74, 6) is -0.407. The second kappa shape index (κ2) is 7.77. The van der Waals surface area contributed by atoms with Gasteiger partial charge in [-0.15, -0.1) is 0 Å². The number of amides is 1. The number of benzene rings is 2. The van der Waals surface area contributed by atoms with Crippen molar-refractivity contribution >= 4 is 17.7 Å². The van der Waals surface area contributed by atoms with E-state index >= 15 is 0 Å². The zero-order chi connectivity index (χ0) is 16.7. The number of allylic oxidation sites excluding steroid dienone is 2. The van der Waals surface area contributed by atoms with Gasteiger partial charge in [-0.25, -0.2) is 0 Å². The highest BCUT2D eigenvalue weighted by atomic mass is 16.1. The molecule has 0 unspecified atom stereocenters. The Bertz CT molecular complexity index is 776. The van der Waals surface area contributed by atoms with Crippen LogP contribution < -0.4 is 5.32 Å². The van der Waals surface area contributed by atoms with Crippen molar-refractivity contribution in [1.29, 1.82) is 5.26 Å². The molecule has 0 aliphatic carbocycles. The number of carbonyl (C=O) groups is 1. The van der Waals surface area contributed by atoms with Crippen molar-refractivity contribution in [2.24, 2.45) is 0 Å². The monoisotopic (exact) mass is 302 g/mol. The molecule has 0 aliphatic rings. The summed E-state index contributed by atoms with van der Waals surface area (Å²) < 4.78 is 0. The minimum Gasteiger partial charge on any atom is -0.321 e. The van der Waals surface area contributed by atoms with Gasteiger partial charge >= 0.3 is 0 Å². The van der Waals surface area contributed by atoms with Gasteiger partial charge in [0.15, 0.2) is 0 Å². The van der Waals surface area contributed by atoms with E-state index in [0.29, 0.717) is 5.69 Å². The van der Waals surface area contributed by atoms with Crippen molar-refractivity contribution in [1.82, 2.24) is 0 Å². The van der Waals surface area contributed by atoms with Crippen molar-refractivity contribution in [3.8, 4) is 6.07 Å². The first-order valence-electron chi connectivity index (χ1n) is 7.31. The molecule has 3 heteroatoms. The Hall–Kier alpha value is -3.12. The number of aryl methyl sites for hydroxylation is 2. The molecule has 0 heterocycles. The van der Waals surface area contributed by atoms with E-state index in [1.165, 1.54) is 6.08 Å². The zero-order valence-electron chi connectivity index (χ0n) is 13.2. The Morgan fingerprint density at radius 2 is 1.74 bits per heavy atom. The van der Waals surface area contributed by atoms with Gasteiger partial charge in [0.05, 0.1) is 0 Å². The first kappa shape index (κ1) is 16.3. The molecule has 0 aliphatic heterocycles. The van der Waals surface area contributed by atoms with Crippen LogP contribution in [-0.4, -0.2) is 5.91 Å². The molecular weight excluding hydrogens is 284 g/mol. The lowest BCUT2D eigenvalue weighted by Crippen LogP contribution is -2.13. The first-order chi connectivity index (χ1) is 11.1. The topological polar surface area (TPSA) is 52.9 Å². The normalized spacial score (nSPS) is 11.3. The van der Waals surface area contributed by atoms with Gasteiger partial charge in [-0.05, 0) is 48.7 Å². The van der Waals surface area contributed by atoms with E-state index in [-0.39, 0.29) is 5.57 Å². The lowest BCUT2D eigenvalue weighted by molar-refractivity contribution is -0.112. The third-order valence-corrected chi connectivity index (χ3v) is 3.20. The fraction of sp³-hybridized carbons (Fsp3) is 0.100. The molecular formula is C20H18N2O. The van der Waals surface area contributed by atoms with E-state index in [0.717, 1.165) is 16.7 Å². The number of nitrogens with zero attached hydrogens (tertiary/aromatic N) is 1. The van der Waals surface area contributed by atoms with Crippen LogP contribution in [0.5, 0.6) is 0 Å². The SMILES string of the molecule is Cc1cc(C)cc(NC(=O)/C(C#N)=C/C=C/c2ccccc2)c1. The molecule has 2 aromatic carbocycles. The number of hydrogen-bond donors (Lipinski definition) is 1. The molecule has 1 N–H and O–H groups in total. The summed E-state index contributed by atoms with van der Waals surface area (Å²) in [6, 6.07) is 17.4. The van der Waals surface area contributed by atoms with Crippen molar-refractivity contribution < 1.29 is 4.79 Å². The molecule has 0 spiro atoms. The van der Waals surface area contributed by atoms with E-state index in [1.807, 2.05) is 74.5 Å². The molecule has 0 aromatic heterocycles. The highest BCUT2D eigenvalue weighted by molar-refractivity contribution is 6.06. The average Bonchev–Trinajstić information content (AvgIpc) is 2.51. The lowest BCUT2D eigenvalue weighted by Gasteiger charge is -2.06. The van der Waals surface area contributed by atoms with Gasteiger partial charge in [0.1, 0.15) is 11.6 Å². The van der Waals surface area contributed by atoms with Gasteiger partial charge in [-0.3, -0.25) is 4.79 Å². The maximum Gasteiger partial charge on any atom is 0.266 e. The number of nitrogens with one attached hydrogen (secondary N) is 1. The molecule has 23 heavy (non-hydrogen) atoms. The van der Waals surface area contributed by atoms with Gasteiger partial charge < -0.3 is 5.32 Å². The van der Waals surface area contributed by atoms with Crippen LogP contribution in [0.4, 0.5) is 5.69 Å². The van der Waals surface area contributed by atoms with Crippen LogP contribution in [0.1, 0.15) is 16.7 Å².